The fourth-order valence-corrected chi connectivity index (χ4v) is 3.75. The number of carboxylic acid groups (broad SMARTS) is 1. The molecule has 42 heavy (non-hydrogen) atoms. The van der Waals surface area contributed by atoms with Gasteiger partial charge in [0.2, 0.25) is 0 Å². The summed E-state index contributed by atoms with van der Waals surface area (Å²) in [7, 11) is 1.44. The Hall–Kier alpha value is -4.30. The van der Waals surface area contributed by atoms with Crippen LogP contribution in [0.1, 0.15) is 88.3 Å². The number of carboxylic acids is 1. The Morgan fingerprint density at radius 3 is 1.95 bits per heavy atom. The van der Waals surface area contributed by atoms with E-state index in [1.165, 1.54) is 25.2 Å². The highest BCUT2D eigenvalue weighted by Crippen LogP contribution is 2.23. The Kier molecular flexibility index (Phi) is 13.6. The molecular weight excluding hydrogens is 550 g/mol. The van der Waals surface area contributed by atoms with E-state index in [0.29, 0.717) is 69.0 Å². The van der Waals surface area contributed by atoms with Gasteiger partial charge in [0.05, 0.1) is 41.0 Å². The third kappa shape index (κ3) is 9.11. The zero-order valence-corrected chi connectivity index (χ0v) is 23.6. The van der Waals surface area contributed by atoms with Crippen molar-refractivity contribution in [3.05, 3.63) is 69.8 Å². The second kappa shape index (κ2) is 16.8. The number of ether oxygens (including phenoxy) is 3. The number of nitrogens with two attached hydrogens (primary N) is 2. The number of carbonyl (C=O) groups excluding carboxylic acids is 5. The van der Waals surface area contributed by atoms with Gasteiger partial charge in [0.1, 0.15) is 0 Å². The van der Waals surface area contributed by atoms with Crippen LogP contribution in [0.15, 0.2) is 36.4 Å². The van der Waals surface area contributed by atoms with Crippen molar-refractivity contribution >= 4 is 35.5 Å². The maximum absolute atomic E-state index is 12.1. The molecule has 0 atom stereocenters. The molecule has 0 bridgehead atoms. The lowest BCUT2D eigenvalue weighted by molar-refractivity contribution is 0.0442. The van der Waals surface area contributed by atoms with E-state index in [-0.39, 0.29) is 34.3 Å². The Labute approximate surface area is 242 Å². The topological polar surface area (TPSA) is 206 Å². The SMILES string of the molecule is CCCOCCCC(=O)c1ccc2c(c1)C(=O)N(C)C2=O.NCCOCCN.O=C(O)c1ccc2c(c1)C(=O)OC2=O. The predicted octanol–water partition coefficient (Wildman–Crippen LogP) is 1.92. The molecule has 4 rings (SSSR count). The van der Waals surface area contributed by atoms with E-state index < -0.39 is 17.9 Å². The molecule has 5 N–H and O–H groups in total. The van der Waals surface area contributed by atoms with Gasteiger partial charge in [-0.3, -0.25) is 19.3 Å². The van der Waals surface area contributed by atoms with E-state index in [4.69, 9.17) is 26.0 Å². The number of hydrogen-bond acceptors (Lipinski definition) is 11. The fraction of sp³-hybridized carbons (Fsp3) is 0.379. The van der Waals surface area contributed by atoms with Crippen LogP contribution in [0.5, 0.6) is 0 Å². The number of carbonyl (C=O) groups is 6. The molecule has 2 aliphatic rings. The lowest BCUT2D eigenvalue weighted by atomic mass is 10.0. The maximum Gasteiger partial charge on any atom is 0.346 e. The first-order valence-electron chi connectivity index (χ1n) is 13.3. The number of nitrogens with zero attached hydrogens (tertiary/aromatic N) is 1. The third-order valence-electron chi connectivity index (χ3n) is 5.87. The molecule has 0 unspecified atom stereocenters. The molecule has 13 heteroatoms. The zero-order valence-electron chi connectivity index (χ0n) is 23.6. The van der Waals surface area contributed by atoms with Gasteiger partial charge in [0, 0.05) is 45.3 Å². The summed E-state index contributed by atoms with van der Waals surface area (Å²) in [4.78, 5) is 69.3. The van der Waals surface area contributed by atoms with Crippen molar-refractivity contribution in [1.29, 1.82) is 0 Å². The minimum Gasteiger partial charge on any atom is -0.478 e. The number of hydrogen-bond donors (Lipinski definition) is 3. The molecule has 13 nitrogen and oxygen atoms in total. The molecular formula is C29H35N3O10. The summed E-state index contributed by atoms with van der Waals surface area (Å²) in [5.74, 6) is -3.39. The molecule has 0 saturated heterocycles. The third-order valence-corrected chi connectivity index (χ3v) is 5.87. The van der Waals surface area contributed by atoms with E-state index in [9.17, 15) is 28.8 Å². The second-order valence-corrected chi connectivity index (χ2v) is 9.00. The minimum atomic E-state index is -1.15. The van der Waals surface area contributed by atoms with Gasteiger partial charge in [0.25, 0.3) is 11.8 Å². The number of imide groups is 1. The van der Waals surface area contributed by atoms with Crippen molar-refractivity contribution in [2.24, 2.45) is 11.5 Å². The van der Waals surface area contributed by atoms with Crippen LogP contribution in [-0.2, 0) is 14.2 Å². The highest BCUT2D eigenvalue weighted by atomic mass is 16.6. The van der Waals surface area contributed by atoms with Crippen LogP contribution in [0.4, 0.5) is 0 Å². The predicted molar refractivity (Wildman–Crippen MR) is 150 cm³/mol. The van der Waals surface area contributed by atoms with E-state index in [0.717, 1.165) is 17.4 Å². The Morgan fingerprint density at radius 2 is 1.33 bits per heavy atom. The summed E-state index contributed by atoms with van der Waals surface area (Å²) in [6, 6.07) is 8.34. The van der Waals surface area contributed by atoms with Gasteiger partial charge in [-0.1, -0.05) is 13.0 Å². The summed E-state index contributed by atoms with van der Waals surface area (Å²) < 4.78 is 14.5. The standard InChI is InChI=1S/C16H19NO4.C9H4O5.C4H12N2O/c1-3-8-21-9-4-5-14(18)11-6-7-12-13(10-11)16(20)17(2)15(12)19;10-7(11)4-1-2-5-6(3-4)9(13)14-8(5)12;5-1-3-7-4-2-6/h6-7,10H,3-5,8-9H2,1-2H3;1-3H,(H,10,11);1-6H2. The number of ketones is 1. The van der Waals surface area contributed by atoms with E-state index in [2.05, 4.69) is 4.74 Å². The first-order chi connectivity index (χ1) is 20.1. The average molecular weight is 586 g/mol. The van der Waals surface area contributed by atoms with Crippen LogP contribution < -0.4 is 11.5 Å². The molecule has 2 amide bonds. The van der Waals surface area contributed by atoms with E-state index in [1.807, 2.05) is 6.92 Å². The van der Waals surface area contributed by atoms with Crippen LogP contribution in [0, 0.1) is 0 Å². The first-order valence-corrected chi connectivity index (χ1v) is 13.3. The molecule has 0 saturated carbocycles. The van der Waals surface area contributed by atoms with Gasteiger partial charge in [0.15, 0.2) is 5.78 Å². The molecule has 0 aliphatic carbocycles. The average Bonchev–Trinajstić information content (AvgIpc) is 3.39. The second-order valence-electron chi connectivity index (χ2n) is 9.00. The van der Waals surface area contributed by atoms with Crippen molar-refractivity contribution in [2.45, 2.75) is 26.2 Å². The van der Waals surface area contributed by atoms with Gasteiger partial charge in [-0.25, -0.2) is 14.4 Å². The number of fused-ring (bicyclic) bond motifs is 2. The van der Waals surface area contributed by atoms with Gasteiger partial charge < -0.3 is 30.8 Å². The van der Waals surface area contributed by atoms with Crippen molar-refractivity contribution in [3.8, 4) is 0 Å². The number of aromatic carboxylic acids is 1. The summed E-state index contributed by atoms with van der Waals surface area (Å²) in [5.41, 5.74) is 11.4. The van der Waals surface area contributed by atoms with Crippen molar-refractivity contribution in [1.82, 2.24) is 4.90 Å². The molecule has 0 aromatic heterocycles. The van der Waals surface area contributed by atoms with Gasteiger partial charge >= 0.3 is 17.9 Å². The van der Waals surface area contributed by atoms with Gasteiger partial charge in [-0.15, -0.1) is 0 Å². The number of benzene rings is 2. The first kappa shape index (κ1) is 33.9. The Bertz CT molecular complexity index is 1320. The monoisotopic (exact) mass is 585 g/mol. The smallest absolute Gasteiger partial charge is 0.346 e. The maximum atomic E-state index is 12.1. The molecule has 2 aromatic rings. The van der Waals surface area contributed by atoms with Crippen LogP contribution in [0.25, 0.3) is 0 Å². The van der Waals surface area contributed by atoms with Crippen LogP contribution in [-0.4, -0.2) is 92.1 Å². The summed E-state index contributed by atoms with van der Waals surface area (Å²) in [6.07, 6.45) is 1.99. The molecule has 0 fully saturated rings. The van der Waals surface area contributed by atoms with Crippen molar-refractivity contribution < 1.29 is 48.1 Å². The summed E-state index contributed by atoms with van der Waals surface area (Å²) >= 11 is 0. The molecule has 226 valence electrons. The van der Waals surface area contributed by atoms with Gasteiger partial charge in [-0.05, 0) is 43.2 Å². The Balaban J connectivity index is 0.000000252. The van der Waals surface area contributed by atoms with Crippen LogP contribution in [0.3, 0.4) is 0 Å². The molecule has 2 heterocycles. The normalized spacial score (nSPS) is 13.0. The highest BCUT2D eigenvalue weighted by molar-refractivity contribution is 6.22. The summed E-state index contributed by atoms with van der Waals surface area (Å²) in [5, 5.41) is 8.63. The molecule has 2 aliphatic heterocycles. The van der Waals surface area contributed by atoms with Crippen molar-refractivity contribution in [2.75, 3.05) is 46.6 Å². The zero-order chi connectivity index (χ0) is 31.2. The number of cyclic esters (lactones) is 2. The summed E-state index contributed by atoms with van der Waals surface area (Å²) in [6.45, 7) is 5.71. The van der Waals surface area contributed by atoms with Crippen LogP contribution in [0.2, 0.25) is 0 Å². The molecule has 0 radical (unpaired) electrons. The van der Waals surface area contributed by atoms with E-state index in [1.54, 1.807) is 12.1 Å². The number of rotatable bonds is 12. The van der Waals surface area contributed by atoms with Crippen LogP contribution >= 0.6 is 0 Å². The molecule has 2 aromatic carbocycles. The molecule has 0 spiro atoms. The number of Topliss-reactive ketones (excluding diaryl/α,β-unsaturated/α-hetero) is 1. The lowest BCUT2D eigenvalue weighted by Gasteiger charge is -2.04. The van der Waals surface area contributed by atoms with Crippen molar-refractivity contribution in [3.63, 3.8) is 0 Å². The lowest BCUT2D eigenvalue weighted by Crippen LogP contribution is -2.24. The van der Waals surface area contributed by atoms with E-state index >= 15 is 0 Å². The fourth-order valence-electron chi connectivity index (χ4n) is 3.75. The minimum absolute atomic E-state index is 0.00917. The number of amides is 2. The largest absolute Gasteiger partial charge is 0.478 e. The van der Waals surface area contributed by atoms with Gasteiger partial charge in [-0.2, -0.15) is 0 Å². The number of esters is 2. The quantitative estimate of drug-likeness (QED) is 0.107. The Morgan fingerprint density at radius 1 is 0.786 bits per heavy atom. The highest BCUT2D eigenvalue weighted by Gasteiger charge is 2.33.